The first-order valence-electron chi connectivity index (χ1n) is 12.3. The second-order valence-corrected chi connectivity index (χ2v) is 11.0. The zero-order valence-electron chi connectivity index (χ0n) is 19.7. The Morgan fingerprint density at radius 1 is 1.00 bits per heavy atom. The summed E-state index contributed by atoms with van der Waals surface area (Å²) in [6, 6.07) is 4.33. The molecule has 6 rings (SSSR count). The molecule has 4 fully saturated rings. The third-order valence-corrected chi connectivity index (χ3v) is 7.98. The van der Waals surface area contributed by atoms with E-state index < -0.39 is 6.04 Å². The predicted octanol–water partition coefficient (Wildman–Crippen LogP) is 2.27. The van der Waals surface area contributed by atoms with Crippen LogP contribution in [-0.4, -0.2) is 40.3 Å². The molecule has 0 saturated heterocycles. The summed E-state index contributed by atoms with van der Waals surface area (Å²) in [6.45, 7) is 3.59. The minimum atomic E-state index is -0.686. The Labute approximate surface area is 197 Å². The van der Waals surface area contributed by atoms with Crippen molar-refractivity contribution in [2.75, 3.05) is 11.9 Å². The highest BCUT2D eigenvalue weighted by Gasteiger charge is 2.55. The number of nitrogens with one attached hydrogen (secondary N) is 5. The maximum atomic E-state index is 13.4. The Kier molecular flexibility index (Phi) is 5.73. The van der Waals surface area contributed by atoms with E-state index in [1.54, 1.807) is 18.2 Å². The quantitative estimate of drug-likeness (QED) is 0.427. The van der Waals surface area contributed by atoms with E-state index in [-0.39, 0.29) is 41.3 Å². The molecule has 0 spiro atoms. The number of fused-ring (bicyclic) bond motifs is 1. The molecular formula is C25H33N5O4. The number of imidazole rings is 1. The van der Waals surface area contributed by atoms with Crippen molar-refractivity contribution in [3.8, 4) is 0 Å². The van der Waals surface area contributed by atoms with Crippen molar-refractivity contribution in [3.63, 3.8) is 0 Å². The number of rotatable bonds is 7. The molecule has 5 N–H and O–H groups in total. The molecule has 4 aliphatic carbocycles. The number of amides is 3. The molecule has 1 unspecified atom stereocenters. The van der Waals surface area contributed by atoms with Crippen LogP contribution in [0.3, 0.4) is 0 Å². The topological polar surface area (TPSA) is 136 Å². The van der Waals surface area contributed by atoms with Crippen molar-refractivity contribution in [1.29, 1.82) is 0 Å². The van der Waals surface area contributed by atoms with Gasteiger partial charge in [-0.25, -0.2) is 4.79 Å². The standard InChI is InChI=1S/C25H33N5O4/c1-13(2)21(30-23(33)25-9-14-5-15(10-25)7-16(6-14)11-25)22(32)26-12-20(31)27-17-3-4-18-19(8-17)29-24(34)28-18/h3-4,8,13-16,21H,5-7,9-12H2,1-2H3,(H,26,32)(H,27,31)(H,30,33)(H2,28,29,34). The van der Waals surface area contributed by atoms with Gasteiger partial charge in [-0.2, -0.15) is 0 Å². The lowest BCUT2D eigenvalue weighted by molar-refractivity contribution is -0.149. The Morgan fingerprint density at radius 3 is 2.24 bits per heavy atom. The van der Waals surface area contributed by atoms with Crippen molar-refractivity contribution >= 4 is 34.4 Å². The SMILES string of the molecule is CC(C)C(NC(=O)C12CC3CC(CC(C3)C1)C2)C(=O)NCC(=O)Nc1ccc2[nH]c(=O)[nH]c2c1. The molecule has 0 aliphatic heterocycles. The van der Waals surface area contributed by atoms with Gasteiger partial charge in [0, 0.05) is 11.1 Å². The molecule has 182 valence electrons. The molecule has 1 aromatic carbocycles. The normalized spacial score (nSPS) is 28.1. The summed E-state index contributed by atoms with van der Waals surface area (Å²) >= 11 is 0. The summed E-state index contributed by atoms with van der Waals surface area (Å²) in [5, 5.41) is 8.44. The van der Waals surface area contributed by atoms with E-state index in [4.69, 9.17) is 0 Å². The number of H-pyrrole nitrogens is 2. The van der Waals surface area contributed by atoms with E-state index in [9.17, 15) is 19.2 Å². The van der Waals surface area contributed by atoms with Crippen molar-refractivity contribution in [1.82, 2.24) is 20.6 Å². The Hall–Kier alpha value is -3.10. The lowest BCUT2D eigenvalue weighted by Gasteiger charge is -2.55. The average molecular weight is 468 g/mol. The molecule has 1 aromatic heterocycles. The van der Waals surface area contributed by atoms with Gasteiger partial charge in [-0.15, -0.1) is 0 Å². The van der Waals surface area contributed by atoms with Gasteiger partial charge < -0.3 is 25.9 Å². The molecule has 4 aliphatic rings. The number of aromatic amines is 2. The fourth-order valence-electron chi connectivity index (χ4n) is 6.81. The molecule has 4 bridgehead atoms. The van der Waals surface area contributed by atoms with Gasteiger partial charge in [-0.05, 0) is 80.4 Å². The number of hydrogen-bond acceptors (Lipinski definition) is 4. The van der Waals surface area contributed by atoms with Gasteiger partial charge in [0.2, 0.25) is 17.7 Å². The van der Waals surface area contributed by atoms with Gasteiger partial charge in [0.15, 0.2) is 0 Å². The number of anilines is 1. The zero-order chi connectivity index (χ0) is 24.0. The van der Waals surface area contributed by atoms with Gasteiger partial charge in [0.1, 0.15) is 6.04 Å². The van der Waals surface area contributed by atoms with Crippen molar-refractivity contribution < 1.29 is 14.4 Å². The minimum absolute atomic E-state index is 0.0127. The van der Waals surface area contributed by atoms with Crippen LogP contribution in [0, 0.1) is 29.1 Å². The van der Waals surface area contributed by atoms with E-state index >= 15 is 0 Å². The molecule has 3 amide bonds. The minimum Gasteiger partial charge on any atom is -0.345 e. The van der Waals surface area contributed by atoms with Crippen LogP contribution in [0.4, 0.5) is 5.69 Å². The molecule has 1 atom stereocenters. The molecule has 34 heavy (non-hydrogen) atoms. The average Bonchev–Trinajstić information content (AvgIpc) is 3.13. The van der Waals surface area contributed by atoms with Crippen LogP contribution < -0.4 is 21.6 Å². The van der Waals surface area contributed by atoms with Crippen LogP contribution in [0.2, 0.25) is 0 Å². The van der Waals surface area contributed by atoms with E-state index in [0.717, 1.165) is 19.3 Å². The Morgan fingerprint density at radius 2 is 1.62 bits per heavy atom. The van der Waals surface area contributed by atoms with Crippen LogP contribution in [0.15, 0.2) is 23.0 Å². The van der Waals surface area contributed by atoms with Crippen LogP contribution in [0.25, 0.3) is 11.0 Å². The second-order valence-electron chi connectivity index (χ2n) is 11.0. The molecule has 4 saturated carbocycles. The van der Waals surface area contributed by atoms with Crippen molar-refractivity contribution in [2.24, 2.45) is 29.1 Å². The molecule has 9 heteroatoms. The molecule has 1 heterocycles. The maximum Gasteiger partial charge on any atom is 0.323 e. The smallest absolute Gasteiger partial charge is 0.323 e. The lowest BCUT2D eigenvalue weighted by Crippen LogP contribution is -2.58. The molecule has 0 radical (unpaired) electrons. The van der Waals surface area contributed by atoms with Gasteiger partial charge in [-0.3, -0.25) is 14.4 Å². The fourth-order valence-corrected chi connectivity index (χ4v) is 6.81. The number of carbonyl (C=O) groups is 3. The molecule has 9 nitrogen and oxygen atoms in total. The van der Waals surface area contributed by atoms with Crippen LogP contribution in [0.1, 0.15) is 52.4 Å². The van der Waals surface area contributed by atoms with E-state index in [1.165, 1.54) is 19.3 Å². The summed E-state index contributed by atoms with van der Waals surface area (Å²) in [4.78, 5) is 55.4. The maximum absolute atomic E-state index is 13.4. The number of hydrogen-bond donors (Lipinski definition) is 5. The van der Waals surface area contributed by atoms with Gasteiger partial charge >= 0.3 is 5.69 Å². The van der Waals surface area contributed by atoms with E-state index in [2.05, 4.69) is 25.9 Å². The molecule has 2 aromatic rings. The Bertz CT molecular complexity index is 1140. The highest BCUT2D eigenvalue weighted by molar-refractivity contribution is 5.97. The first-order valence-corrected chi connectivity index (χ1v) is 12.3. The molecular weight excluding hydrogens is 434 g/mol. The second kappa shape index (κ2) is 8.60. The van der Waals surface area contributed by atoms with Gasteiger partial charge in [-0.1, -0.05) is 13.8 Å². The first kappa shape index (κ1) is 22.7. The number of benzene rings is 1. The summed E-state index contributed by atoms with van der Waals surface area (Å²) in [5.41, 5.74) is 1.10. The van der Waals surface area contributed by atoms with Gasteiger partial charge in [0.05, 0.1) is 17.6 Å². The lowest BCUT2D eigenvalue weighted by atomic mass is 9.49. The zero-order valence-corrected chi connectivity index (χ0v) is 19.7. The van der Waals surface area contributed by atoms with Crippen molar-refractivity contribution in [3.05, 3.63) is 28.7 Å². The highest BCUT2D eigenvalue weighted by atomic mass is 16.2. The van der Waals surface area contributed by atoms with Crippen molar-refractivity contribution in [2.45, 2.75) is 58.4 Å². The fraction of sp³-hybridized carbons (Fsp3) is 0.600. The highest BCUT2D eigenvalue weighted by Crippen LogP contribution is 2.60. The number of carbonyl (C=O) groups excluding carboxylic acids is 3. The van der Waals surface area contributed by atoms with E-state index in [1.807, 2.05) is 13.8 Å². The summed E-state index contributed by atoms with van der Waals surface area (Å²) < 4.78 is 0. The third kappa shape index (κ3) is 4.35. The first-order chi connectivity index (χ1) is 16.2. The van der Waals surface area contributed by atoms with Crippen LogP contribution in [0.5, 0.6) is 0 Å². The summed E-state index contributed by atoms with van der Waals surface area (Å²) in [5.74, 6) is 1.11. The summed E-state index contributed by atoms with van der Waals surface area (Å²) in [6.07, 6.45) is 6.58. The third-order valence-electron chi connectivity index (χ3n) is 7.98. The predicted molar refractivity (Wildman–Crippen MR) is 128 cm³/mol. The van der Waals surface area contributed by atoms with Gasteiger partial charge in [0.25, 0.3) is 0 Å². The van der Waals surface area contributed by atoms with Crippen LogP contribution >= 0.6 is 0 Å². The van der Waals surface area contributed by atoms with Crippen LogP contribution in [-0.2, 0) is 14.4 Å². The monoisotopic (exact) mass is 467 g/mol. The Balaban J connectivity index is 1.18. The van der Waals surface area contributed by atoms with E-state index in [0.29, 0.717) is 34.5 Å². The largest absolute Gasteiger partial charge is 0.345 e. The number of aromatic nitrogens is 2. The summed E-state index contributed by atoms with van der Waals surface area (Å²) in [7, 11) is 0.